The maximum absolute atomic E-state index is 12.4. The molecule has 0 radical (unpaired) electrons. The van der Waals surface area contributed by atoms with E-state index >= 15 is 0 Å². The normalized spacial score (nSPS) is 11.3. The predicted molar refractivity (Wildman–Crippen MR) is 122 cm³/mol. The highest BCUT2D eigenvalue weighted by Gasteiger charge is 2.30. The fourth-order valence-electron chi connectivity index (χ4n) is 3.04. The fourth-order valence-corrected chi connectivity index (χ4v) is 3.52. The maximum Gasteiger partial charge on any atom is 0.239 e. The first-order valence-corrected chi connectivity index (χ1v) is 11.7. The van der Waals surface area contributed by atoms with Crippen molar-refractivity contribution in [3.05, 3.63) is 0 Å². The maximum atomic E-state index is 12.4. The molecule has 0 saturated heterocycles. The number of carbonyl (C=O) groups is 3. The minimum Gasteiger partial charge on any atom is -0.349 e. The van der Waals surface area contributed by atoms with Crippen molar-refractivity contribution in [2.24, 2.45) is 0 Å². The van der Waals surface area contributed by atoms with E-state index in [0.717, 1.165) is 55.8 Å². The molecule has 0 aliphatic carbocycles. The zero-order chi connectivity index (χ0) is 20.5. The molecule has 0 saturated carbocycles. The van der Waals surface area contributed by atoms with Crippen LogP contribution in [-0.2, 0) is 14.4 Å². The molecule has 2 amide bonds. The minimum absolute atomic E-state index is 0.0368. The van der Waals surface area contributed by atoms with Crippen LogP contribution in [0.15, 0.2) is 0 Å². The third-order valence-corrected chi connectivity index (χ3v) is 5.49. The molecule has 0 heterocycles. The molecule has 0 aliphatic rings. The second kappa shape index (κ2) is 16.6. The molecule has 158 valence electrons. The van der Waals surface area contributed by atoms with Crippen molar-refractivity contribution in [1.29, 1.82) is 0 Å². The van der Waals surface area contributed by atoms with E-state index < -0.39 is 0 Å². The summed E-state index contributed by atoms with van der Waals surface area (Å²) in [6, 6.07) is 0. The molecule has 0 aromatic heterocycles. The molecule has 0 aromatic carbocycles. The van der Waals surface area contributed by atoms with Gasteiger partial charge in [0.2, 0.25) is 11.8 Å². The summed E-state index contributed by atoms with van der Waals surface area (Å²) < 4.78 is 0. The predicted octanol–water partition coefficient (Wildman–Crippen LogP) is 3.24. The van der Waals surface area contributed by atoms with Crippen LogP contribution >= 0.6 is 37.9 Å². The monoisotopic (exact) mass is 436 g/mol. The van der Waals surface area contributed by atoms with Gasteiger partial charge < -0.3 is 10.6 Å². The van der Waals surface area contributed by atoms with E-state index in [1.807, 2.05) is 6.92 Å². The highest BCUT2D eigenvalue weighted by molar-refractivity contribution is 7.80. The first kappa shape index (κ1) is 26.7. The highest BCUT2D eigenvalue weighted by Crippen LogP contribution is 2.26. The molecule has 8 heteroatoms. The van der Waals surface area contributed by atoms with Gasteiger partial charge in [0.1, 0.15) is 5.78 Å². The number of Topliss-reactive ketones (excluding diaryl/α,β-unsaturated/α-hetero) is 1. The van der Waals surface area contributed by atoms with Gasteiger partial charge in [-0.3, -0.25) is 14.4 Å². The van der Waals surface area contributed by atoms with E-state index in [4.69, 9.17) is 0 Å². The summed E-state index contributed by atoms with van der Waals surface area (Å²) in [4.78, 5) is 35.6. The van der Waals surface area contributed by atoms with Crippen LogP contribution in [0.2, 0.25) is 0 Å². The Kier molecular flexibility index (Phi) is 16.4. The van der Waals surface area contributed by atoms with Crippen LogP contribution in [0.25, 0.3) is 0 Å². The lowest BCUT2D eigenvalue weighted by Gasteiger charge is -2.35. The molecule has 0 aliphatic heterocycles. The third-order valence-electron chi connectivity index (χ3n) is 4.54. The van der Waals surface area contributed by atoms with Gasteiger partial charge in [-0.25, -0.2) is 0 Å². The Morgan fingerprint density at radius 1 is 0.778 bits per heavy atom. The molecule has 27 heavy (non-hydrogen) atoms. The molecule has 0 atom stereocenters. The van der Waals surface area contributed by atoms with Crippen molar-refractivity contribution in [2.75, 3.05) is 23.8 Å². The van der Waals surface area contributed by atoms with Crippen LogP contribution in [0, 0.1) is 0 Å². The fraction of sp³-hybridized carbons (Fsp3) is 0.842. The van der Waals surface area contributed by atoms with Crippen molar-refractivity contribution in [3.8, 4) is 0 Å². The third kappa shape index (κ3) is 13.5. The highest BCUT2D eigenvalue weighted by atomic mass is 32.1. The van der Waals surface area contributed by atoms with Gasteiger partial charge in [-0.2, -0.15) is 37.9 Å². The Balaban J connectivity index is 4.58. The Labute approximate surface area is 180 Å². The van der Waals surface area contributed by atoms with Crippen LogP contribution in [0.5, 0.6) is 0 Å². The van der Waals surface area contributed by atoms with E-state index in [0.29, 0.717) is 19.3 Å². The molecule has 0 rings (SSSR count). The molecule has 0 unspecified atom stereocenters. The average molecular weight is 437 g/mol. The lowest BCUT2D eigenvalue weighted by molar-refractivity contribution is -0.127. The first-order chi connectivity index (χ1) is 12.9. The van der Waals surface area contributed by atoms with Gasteiger partial charge in [0.05, 0.1) is 6.54 Å². The Morgan fingerprint density at radius 2 is 1.30 bits per heavy atom. The summed E-state index contributed by atoms with van der Waals surface area (Å²) in [5, 5.41) is 5.82. The van der Waals surface area contributed by atoms with E-state index in [1.54, 1.807) is 0 Å². The summed E-state index contributed by atoms with van der Waals surface area (Å²) >= 11 is 12.9. The summed E-state index contributed by atoms with van der Waals surface area (Å²) in [5.74, 6) is 2.10. The van der Waals surface area contributed by atoms with Gasteiger partial charge in [0, 0.05) is 24.8 Å². The molecule has 5 nitrogen and oxygen atoms in total. The van der Waals surface area contributed by atoms with Crippen LogP contribution in [0.1, 0.15) is 71.1 Å². The van der Waals surface area contributed by atoms with Gasteiger partial charge in [-0.1, -0.05) is 6.92 Å². The standard InChI is InChI=1S/C19H36N2O3S3/c1-2-16(22)7-3-8-17(23)20-15-18(24)21-19(9-4-12-25,10-5-13-26)11-6-14-27/h25-27H,2-15H2,1H3,(H,20,23)(H,21,24). The van der Waals surface area contributed by atoms with Crippen molar-refractivity contribution in [2.45, 2.75) is 76.7 Å². The zero-order valence-electron chi connectivity index (χ0n) is 16.5. The Hall–Kier alpha value is -0.340. The number of hydrogen-bond acceptors (Lipinski definition) is 6. The van der Waals surface area contributed by atoms with Crippen molar-refractivity contribution in [3.63, 3.8) is 0 Å². The van der Waals surface area contributed by atoms with Gasteiger partial charge in [0.25, 0.3) is 0 Å². The molecule has 0 spiro atoms. The van der Waals surface area contributed by atoms with Gasteiger partial charge >= 0.3 is 0 Å². The van der Waals surface area contributed by atoms with Gasteiger partial charge in [-0.15, -0.1) is 0 Å². The summed E-state index contributed by atoms with van der Waals surface area (Å²) in [5.41, 5.74) is -0.288. The first-order valence-electron chi connectivity index (χ1n) is 9.85. The van der Waals surface area contributed by atoms with E-state index in [2.05, 4.69) is 48.5 Å². The van der Waals surface area contributed by atoms with Crippen LogP contribution in [-0.4, -0.2) is 46.9 Å². The summed E-state index contributed by atoms with van der Waals surface area (Å²) in [6.07, 6.45) is 7.03. The van der Waals surface area contributed by atoms with Crippen molar-refractivity contribution in [1.82, 2.24) is 10.6 Å². The Morgan fingerprint density at radius 3 is 1.74 bits per heavy atom. The average Bonchev–Trinajstić information content (AvgIpc) is 2.67. The van der Waals surface area contributed by atoms with E-state index in [1.165, 1.54) is 0 Å². The second-order valence-corrected chi connectivity index (χ2v) is 8.17. The smallest absolute Gasteiger partial charge is 0.239 e. The molecule has 0 aromatic rings. The molecular formula is C19H36N2O3S3. The second-order valence-electron chi connectivity index (χ2n) is 6.83. The summed E-state index contributed by atoms with van der Waals surface area (Å²) in [6.45, 7) is 1.78. The largest absolute Gasteiger partial charge is 0.349 e. The number of nitrogens with one attached hydrogen (secondary N) is 2. The number of ketones is 1. The molecule has 0 bridgehead atoms. The van der Waals surface area contributed by atoms with Crippen molar-refractivity contribution >= 4 is 55.5 Å². The summed E-state index contributed by atoms with van der Waals surface area (Å²) in [7, 11) is 0. The van der Waals surface area contributed by atoms with Crippen LogP contribution in [0.4, 0.5) is 0 Å². The molecule has 2 N–H and O–H groups in total. The SMILES string of the molecule is CCC(=O)CCCC(=O)NCC(=O)NC(CCCS)(CCCS)CCCS. The molecular weight excluding hydrogens is 400 g/mol. The quantitative estimate of drug-likeness (QED) is 0.227. The number of rotatable bonds is 17. The lowest BCUT2D eigenvalue weighted by atomic mass is 9.84. The van der Waals surface area contributed by atoms with Crippen LogP contribution < -0.4 is 10.6 Å². The number of carbonyl (C=O) groups excluding carboxylic acids is 3. The van der Waals surface area contributed by atoms with Gasteiger partial charge in [0.15, 0.2) is 0 Å². The molecule has 0 fully saturated rings. The number of hydrogen-bond donors (Lipinski definition) is 5. The van der Waals surface area contributed by atoms with Gasteiger partial charge in [-0.05, 0) is 62.2 Å². The van der Waals surface area contributed by atoms with Crippen molar-refractivity contribution < 1.29 is 14.4 Å². The lowest BCUT2D eigenvalue weighted by Crippen LogP contribution is -2.51. The zero-order valence-corrected chi connectivity index (χ0v) is 19.1. The van der Waals surface area contributed by atoms with E-state index in [-0.39, 0.29) is 36.1 Å². The number of thiol groups is 3. The van der Waals surface area contributed by atoms with Crippen LogP contribution in [0.3, 0.4) is 0 Å². The Bertz CT molecular complexity index is 426. The number of amides is 2. The minimum atomic E-state index is -0.288. The topological polar surface area (TPSA) is 75.3 Å². The van der Waals surface area contributed by atoms with E-state index in [9.17, 15) is 14.4 Å².